The monoisotopic (exact) mass is 364 g/mol. The molecule has 2 rings (SSSR count). The van der Waals surface area contributed by atoms with Crippen LogP contribution in [0.1, 0.15) is 0 Å². The maximum absolute atomic E-state index is 12.9. The molecule has 0 aliphatic rings. The van der Waals surface area contributed by atoms with E-state index in [1.54, 1.807) is 30.3 Å². The number of hydrogen-bond donors (Lipinski definition) is 1. The lowest BCUT2D eigenvalue weighted by Gasteiger charge is -2.33. The van der Waals surface area contributed by atoms with Gasteiger partial charge in [0.25, 0.3) is 0 Å². The normalized spacial score (nSPS) is 12.7. The SMILES string of the molecule is O=C(O)C(Oc1ccc(-c2ccccc2)cc1)(C(F)(F)F)C(F)(F)F. The van der Waals surface area contributed by atoms with Crippen LogP contribution in [-0.2, 0) is 4.79 Å². The molecule has 9 heteroatoms. The van der Waals surface area contributed by atoms with Gasteiger partial charge < -0.3 is 9.84 Å². The smallest absolute Gasteiger partial charge is 0.449 e. The maximum atomic E-state index is 12.9. The number of carboxylic acid groups (broad SMARTS) is 1. The van der Waals surface area contributed by atoms with Gasteiger partial charge in [-0.05, 0) is 23.3 Å². The lowest BCUT2D eigenvalue weighted by Crippen LogP contribution is -2.66. The Kier molecular flexibility index (Phi) is 4.70. The average molecular weight is 364 g/mol. The summed E-state index contributed by atoms with van der Waals surface area (Å²) < 4.78 is 81.5. The first kappa shape index (κ1) is 18.6. The molecule has 3 nitrogen and oxygen atoms in total. The molecular weight excluding hydrogens is 354 g/mol. The maximum Gasteiger partial charge on any atom is 0.449 e. The summed E-state index contributed by atoms with van der Waals surface area (Å²) in [5.74, 6) is -4.07. The summed E-state index contributed by atoms with van der Waals surface area (Å²) in [5.41, 5.74) is -4.17. The largest absolute Gasteiger partial charge is 0.478 e. The molecule has 2 aromatic carbocycles. The molecule has 0 aromatic heterocycles. The third-order valence-electron chi connectivity index (χ3n) is 3.33. The number of carbonyl (C=O) groups is 1. The molecule has 1 N–H and O–H groups in total. The van der Waals surface area contributed by atoms with Crippen molar-refractivity contribution in [2.45, 2.75) is 18.0 Å². The Labute approximate surface area is 137 Å². The molecule has 0 fully saturated rings. The topological polar surface area (TPSA) is 46.5 Å². The van der Waals surface area contributed by atoms with Gasteiger partial charge in [0.15, 0.2) is 0 Å². The van der Waals surface area contributed by atoms with Crippen LogP contribution in [0.15, 0.2) is 54.6 Å². The molecule has 0 atom stereocenters. The zero-order chi connectivity index (χ0) is 18.9. The Morgan fingerprint density at radius 1 is 0.760 bits per heavy atom. The van der Waals surface area contributed by atoms with Crippen molar-refractivity contribution in [2.24, 2.45) is 0 Å². The van der Waals surface area contributed by atoms with Gasteiger partial charge in [-0.1, -0.05) is 42.5 Å². The Hall–Kier alpha value is -2.71. The van der Waals surface area contributed by atoms with Gasteiger partial charge in [-0.15, -0.1) is 0 Å². The van der Waals surface area contributed by atoms with Crippen LogP contribution in [0.2, 0.25) is 0 Å². The fourth-order valence-electron chi connectivity index (χ4n) is 2.09. The first-order valence-corrected chi connectivity index (χ1v) is 6.70. The van der Waals surface area contributed by atoms with Gasteiger partial charge in [-0.25, -0.2) is 4.79 Å². The molecule has 0 heterocycles. The minimum Gasteiger partial charge on any atom is -0.478 e. The van der Waals surface area contributed by atoms with Crippen molar-refractivity contribution in [2.75, 3.05) is 0 Å². The fraction of sp³-hybridized carbons (Fsp3) is 0.188. The van der Waals surface area contributed by atoms with Crippen LogP contribution in [0.25, 0.3) is 11.1 Å². The van der Waals surface area contributed by atoms with E-state index in [9.17, 15) is 31.1 Å². The van der Waals surface area contributed by atoms with Crippen LogP contribution in [0.3, 0.4) is 0 Å². The summed E-state index contributed by atoms with van der Waals surface area (Å²) in [7, 11) is 0. The summed E-state index contributed by atoms with van der Waals surface area (Å²) in [6, 6.07) is 12.6. The molecule has 0 spiro atoms. The van der Waals surface area contributed by atoms with E-state index < -0.39 is 29.7 Å². The second-order valence-corrected chi connectivity index (χ2v) is 4.97. The van der Waals surface area contributed by atoms with E-state index in [0.717, 1.165) is 12.1 Å². The zero-order valence-electron chi connectivity index (χ0n) is 12.2. The molecule has 134 valence electrons. The van der Waals surface area contributed by atoms with Crippen LogP contribution >= 0.6 is 0 Å². The molecule has 0 saturated carbocycles. The van der Waals surface area contributed by atoms with Crippen molar-refractivity contribution < 1.29 is 41.0 Å². The third kappa shape index (κ3) is 3.40. The second kappa shape index (κ2) is 6.30. The van der Waals surface area contributed by atoms with Crippen molar-refractivity contribution in [3.8, 4) is 16.9 Å². The van der Waals surface area contributed by atoms with Crippen LogP contribution in [-0.4, -0.2) is 29.0 Å². The van der Waals surface area contributed by atoms with E-state index in [1.807, 2.05) is 0 Å². The number of ether oxygens (including phenoxy) is 1. The molecule has 0 bridgehead atoms. The van der Waals surface area contributed by atoms with Gasteiger partial charge in [-0.3, -0.25) is 0 Å². The van der Waals surface area contributed by atoms with E-state index >= 15 is 0 Å². The number of halogens is 6. The molecule has 0 aliphatic carbocycles. The van der Waals surface area contributed by atoms with E-state index in [1.165, 1.54) is 12.1 Å². The van der Waals surface area contributed by atoms with Gasteiger partial charge in [0.05, 0.1) is 0 Å². The van der Waals surface area contributed by atoms with Crippen LogP contribution < -0.4 is 4.74 Å². The van der Waals surface area contributed by atoms with Crippen molar-refractivity contribution in [1.29, 1.82) is 0 Å². The van der Waals surface area contributed by atoms with E-state index in [4.69, 9.17) is 5.11 Å². The van der Waals surface area contributed by atoms with Crippen LogP contribution in [0.4, 0.5) is 26.3 Å². The first-order valence-electron chi connectivity index (χ1n) is 6.70. The van der Waals surface area contributed by atoms with E-state index in [2.05, 4.69) is 4.74 Å². The molecule has 0 amide bonds. The molecule has 0 aliphatic heterocycles. The predicted molar refractivity (Wildman–Crippen MR) is 75.0 cm³/mol. The zero-order valence-corrected chi connectivity index (χ0v) is 12.2. The summed E-state index contributed by atoms with van der Waals surface area (Å²) in [6.07, 6.45) is -12.4. The Bertz CT molecular complexity index is 721. The van der Waals surface area contributed by atoms with Crippen molar-refractivity contribution in [3.63, 3.8) is 0 Å². The van der Waals surface area contributed by atoms with Crippen molar-refractivity contribution in [1.82, 2.24) is 0 Å². The Morgan fingerprint density at radius 2 is 1.20 bits per heavy atom. The van der Waals surface area contributed by atoms with Gasteiger partial charge in [0.1, 0.15) is 5.75 Å². The summed E-state index contributed by atoms with van der Waals surface area (Å²) >= 11 is 0. The summed E-state index contributed by atoms with van der Waals surface area (Å²) in [5, 5.41) is 8.62. The summed E-state index contributed by atoms with van der Waals surface area (Å²) in [6.45, 7) is 0. The van der Waals surface area contributed by atoms with Gasteiger partial charge in [-0.2, -0.15) is 26.3 Å². The highest BCUT2D eigenvalue weighted by Crippen LogP contribution is 2.46. The molecule has 0 unspecified atom stereocenters. The van der Waals surface area contributed by atoms with Gasteiger partial charge >= 0.3 is 23.9 Å². The quantitative estimate of drug-likeness (QED) is 0.802. The van der Waals surface area contributed by atoms with E-state index in [-0.39, 0.29) is 0 Å². The lowest BCUT2D eigenvalue weighted by atomic mass is 10.0. The van der Waals surface area contributed by atoms with E-state index in [0.29, 0.717) is 11.1 Å². The molecule has 0 radical (unpaired) electrons. The standard InChI is InChI=1S/C16H10F6O3/c17-15(18,19)14(13(23)24,16(20,21)22)25-12-8-6-11(7-9-12)10-4-2-1-3-5-10/h1-9H,(H,23,24). The molecule has 2 aromatic rings. The highest BCUT2D eigenvalue weighted by atomic mass is 19.4. The average Bonchev–Trinajstić information content (AvgIpc) is 2.51. The second-order valence-electron chi connectivity index (χ2n) is 4.97. The fourth-order valence-corrected chi connectivity index (χ4v) is 2.09. The number of alkyl halides is 6. The summed E-state index contributed by atoms with van der Waals surface area (Å²) in [4.78, 5) is 10.8. The Balaban J connectivity index is 2.42. The highest BCUT2D eigenvalue weighted by Gasteiger charge is 2.79. The van der Waals surface area contributed by atoms with Crippen LogP contribution in [0.5, 0.6) is 5.75 Å². The molecule has 0 saturated heterocycles. The minimum atomic E-state index is -6.21. The predicted octanol–water partition coefficient (Wildman–Crippen LogP) is 4.68. The molecular formula is C16H10F6O3. The number of benzene rings is 2. The number of aliphatic carboxylic acids is 1. The van der Waals surface area contributed by atoms with Gasteiger partial charge in [0.2, 0.25) is 0 Å². The third-order valence-corrected chi connectivity index (χ3v) is 3.33. The number of rotatable bonds is 4. The molecule has 25 heavy (non-hydrogen) atoms. The van der Waals surface area contributed by atoms with Crippen molar-refractivity contribution in [3.05, 3.63) is 54.6 Å². The number of carboxylic acids is 1. The Morgan fingerprint density at radius 3 is 1.60 bits per heavy atom. The van der Waals surface area contributed by atoms with Gasteiger partial charge in [0, 0.05) is 0 Å². The minimum absolute atomic E-state index is 0.507. The van der Waals surface area contributed by atoms with Crippen molar-refractivity contribution >= 4 is 5.97 Å². The highest BCUT2D eigenvalue weighted by molar-refractivity contribution is 5.80. The lowest BCUT2D eigenvalue weighted by molar-refractivity contribution is -0.345. The van der Waals surface area contributed by atoms with Crippen LogP contribution in [0, 0.1) is 0 Å². The first-order chi connectivity index (χ1) is 11.5. The number of hydrogen-bond acceptors (Lipinski definition) is 2.